The molecule has 1 aromatic carbocycles. The summed E-state index contributed by atoms with van der Waals surface area (Å²) in [5.74, 6) is -0.513. The monoisotopic (exact) mass is 390 g/mol. The average molecular weight is 390 g/mol. The van der Waals surface area contributed by atoms with Crippen LogP contribution < -0.4 is 11.1 Å². The molecule has 27 heavy (non-hydrogen) atoms. The van der Waals surface area contributed by atoms with Crippen molar-refractivity contribution in [3.8, 4) is 0 Å². The fourth-order valence-corrected chi connectivity index (χ4v) is 2.75. The van der Waals surface area contributed by atoms with Gasteiger partial charge in [-0.3, -0.25) is 4.79 Å². The fraction of sp³-hybridized carbons (Fsp3) is 0.556. The van der Waals surface area contributed by atoms with Gasteiger partial charge in [-0.05, 0) is 17.7 Å². The van der Waals surface area contributed by atoms with Gasteiger partial charge in [-0.1, -0.05) is 32.9 Å². The summed E-state index contributed by atoms with van der Waals surface area (Å²) in [5.41, 5.74) is 1.68. The molecule has 0 heterocycles. The van der Waals surface area contributed by atoms with E-state index < -0.39 is 41.2 Å². The second-order valence-electron chi connectivity index (χ2n) is 7.10. The van der Waals surface area contributed by atoms with Gasteiger partial charge in [0, 0.05) is 19.1 Å². The molecule has 6 nitrogen and oxygen atoms in total. The van der Waals surface area contributed by atoms with Crippen molar-refractivity contribution in [3.63, 3.8) is 0 Å². The van der Waals surface area contributed by atoms with E-state index in [1.165, 1.54) is 19.2 Å². The Morgan fingerprint density at radius 1 is 1.15 bits per heavy atom. The maximum Gasteiger partial charge on any atom is 0.416 e. The van der Waals surface area contributed by atoms with E-state index in [1.54, 1.807) is 20.8 Å². The van der Waals surface area contributed by atoms with Crippen LogP contribution in [0.25, 0.3) is 0 Å². The lowest BCUT2D eigenvalue weighted by Gasteiger charge is -2.43. The van der Waals surface area contributed by atoms with Crippen LogP contribution >= 0.6 is 0 Å². The van der Waals surface area contributed by atoms with Crippen LogP contribution in [0.5, 0.6) is 0 Å². The van der Waals surface area contributed by atoms with Gasteiger partial charge in [0.25, 0.3) is 0 Å². The van der Waals surface area contributed by atoms with Gasteiger partial charge in [0.15, 0.2) is 5.60 Å². The Hall–Kier alpha value is -2.29. The van der Waals surface area contributed by atoms with Crippen LogP contribution in [0, 0.1) is 5.41 Å². The molecule has 1 atom stereocenters. The normalized spacial score (nSPS) is 14.3. The number of amides is 2. The molecule has 0 aliphatic carbocycles. The third-order valence-electron chi connectivity index (χ3n) is 4.18. The van der Waals surface area contributed by atoms with Gasteiger partial charge in [-0.15, -0.1) is 0 Å². The maximum atomic E-state index is 13.2. The fourth-order valence-electron chi connectivity index (χ4n) is 2.75. The molecule has 0 bridgehead atoms. The number of nitrogens with two attached hydrogens (primary N) is 1. The van der Waals surface area contributed by atoms with E-state index in [2.05, 4.69) is 5.32 Å². The zero-order valence-corrected chi connectivity index (χ0v) is 15.8. The predicted molar refractivity (Wildman–Crippen MR) is 92.7 cm³/mol. The highest BCUT2D eigenvalue weighted by Gasteiger charge is 2.49. The van der Waals surface area contributed by atoms with Gasteiger partial charge >= 0.3 is 12.3 Å². The van der Waals surface area contributed by atoms with Crippen LogP contribution in [0.2, 0.25) is 0 Å². The number of nitrogens with one attached hydrogen (secondary N) is 1. The minimum absolute atomic E-state index is 0.0329. The molecule has 0 aromatic heterocycles. The number of benzene rings is 1. The zero-order valence-electron chi connectivity index (χ0n) is 15.8. The topological polar surface area (TPSA) is 90.7 Å². The molecule has 0 saturated carbocycles. The number of hydrogen-bond donors (Lipinski definition) is 2. The number of halogens is 3. The minimum Gasteiger partial charge on any atom is -0.437 e. The molecule has 0 fully saturated rings. The average Bonchev–Trinajstić information content (AvgIpc) is 2.52. The maximum absolute atomic E-state index is 13.2. The highest BCUT2D eigenvalue weighted by Crippen LogP contribution is 2.46. The molecular formula is C18H25F3N2O4. The standard InChI is InChI=1S/C18H25F3N2O4/c1-16(2,3)17(27-15(22)25,11-14(24)23-8-9-26-4)12-6-5-7-13(10-12)18(19,20)21/h5-7,10H,8-9,11H2,1-4H3,(H2,22,25)(H,23,24)/t17-/m1/s1. The Labute approximate surface area is 156 Å². The third-order valence-corrected chi connectivity index (χ3v) is 4.18. The first kappa shape index (κ1) is 22.8. The Balaban J connectivity index is 3.44. The van der Waals surface area contributed by atoms with Crippen LogP contribution in [0.15, 0.2) is 24.3 Å². The number of methoxy groups -OCH3 is 1. The lowest BCUT2D eigenvalue weighted by molar-refractivity contribution is -0.138. The first-order valence-electron chi connectivity index (χ1n) is 8.25. The molecule has 0 aliphatic heterocycles. The van der Waals surface area contributed by atoms with E-state index in [0.29, 0.717) is 0 Å². The number of carbonyl (C=O) groups excluding carboxylic acids is 2. The number of ether oxygens (including phenoxy) is 2. The highest BCUT2D eigenvalue weighted by atomic mass is 19.4. The predicted octanol–water partition coefficient (Wildman–Crippen LogP) is 3.19. The van der Waals surface area contributed by atoms with Gasteiger partial charge in [-0.25, -0.2) is 4.79 Å². The van der Waals surface area contributed by atoms with Gasteiger partial charge in [0.2, 0.25) is 5.91 Å². The summed E-state index contributed by atoms with van der Waals surface area (Å²) in [4.78, 5) is 24.0. The molecular weight excluding hydrogens is 365 g/mol. The molecule has 0 aliphatic rings. The van der Waals surface area contributed by atoms with E-state index in [-0.39, 0.29) is 18.7 Å². The van der Waals surface area contributed by atoms with Crippen LogP contribution in [-0.2, 0) is 26.0 Å². The van der Waals surface area contributed by atoms with Crippen molar-refractivity contribution in [2.75, 3.05) is 20.3 Å². The van der Waals surface area contributed by atoms with Crippen molar-refractivity contribution < 1.29 is 32.2 Å². The Morgan fingerprint density at radius 2 is 1.74 bits per heavy atom. The summed E-state index contributed by atoms with van der Waals surface area (Å²) in [5, 5.41) is 2.58. The van der Waals surface area contributed by atoms with Crippen LogP contribution in [0.3, 0.4) is 0 Å². The third kappa shape index (κ3) is 5.85. The lowest BCUT2D eigenvalue weighted by Crippen LogP contribution is -2.49. The van der Waals surface area contributed by atoms with E-state index in [4.69, 9.17) is 15.2 Å². The highest BCUT2D eigenvalue weighted by molar-refractivity contribution is 5.78. The summed E-state index contributed by atoms with van der Waals surface area (Å²) in [6.45, 7) is 5.42. The number of primary amides is 1. The molecule has 0 unspecified atom stereocenters. The molecule has 3 N–H and O–H groups in total. The van der Waals surface area contributed by atoms with Crippen molar-refractivity contribution in [3.05, 3.63) is 35.4 Å². The van der Waals surface area contributed by atoms with E-state index in [9.17, 15) is 22.8 Å². The SMILES string of the molecule is COCCNC(=O)C[C@@](OC(N)=O)(c1cccc(C(F)(F)F)c1)C(C)(C)C. The van der Waals surface area contributed by atoms with Crippen molar-refractivity contribution in [1.29, 1.82) is 0 Å². The summed E-state index contributed by atoms with van der Waals surface area (Å²) in [6, 6.07) is 4.36. The van der Waals surface area contributed by atoms with E-state index >= 15 is 0 Å². The largest absolute Gasteiger partial charge is 0.437 e. The zero-order chi connectivity index (χ0) is 20.9. The molecule has 1 rings (SSSR count). The number of carbonyl (C=O) groups is 2. The summed E-state index contributed by atoms with van der Waals surface area (Å²) >= 11 is 0. The number of rotatable bonds is 7. The summed E-state index contributed by atoms with van der Waals surface area (Å²) < 4.78 is 49.6. The summed E-state index contributed by atoms with van der Waals surface area (Å²) in [6.07, 6.45) is -6.18. The molecule has 9 heteroatoms. The van der Waals surface area contributed by atoms with Gasteiger partial charge in [0.05, 0.1) is 18.6 Å². The summed E-state index contributed by atoms with van der Waals surface area (Å²) in [7, 11) is 1.46. The van der Waals surface area contributed by atoms with E-state index in [1.807, 2.05) is 0 Å². The molecule has 0 spiro atoms. The van der Waals surface area contributed by atoms with Crippen molar-refractivity contribution in [2.24, 2.45) is 11.1 Å². The van der Waals surface area contributed by atoms with Crippen LogP contribution in [0.4, 0.5) is 18.0 Å². The smallest absolute Gasteiger partial charge is 0.416 e. The van der Waals surface area contributed by atoms with Crippen LogP contribution in [-0.4, -0.2) is 32.3 Å². The quantitative estimate of drug-likeness (QED) is 0.700. The van der Waals surface area contributed by atoms with Gasteiger partial charge in [0.1, 0.15) is 0 Å². The molecule has 1 aromatic rings. The second-order valence-corrected chi connectivity index (χ2v) is 7.10. The van der Waals surface area contributed by atoms with E-state index in [0.717, 1.165) is 12.1 Å². The number of hydrogen-bond acceptors (Lipinski definition) is 4. The molecule has 0 radical (unpaired) electrons. The molecule has 152 valence electrons. The first-order valence-corrected chi connectivity index (χ1v) is 8.25. The Bertz CT molecular complexity index is 671. The van der Waals surface area contributed by atoms with Gasteiger partial charge in [-0.2, -0.15) is 13.2 Å². The molecule has 2 amide bonds. The van der Waals surface area contributed by atoms with Crippen LogP contribution in [0.1, 0.15) is 38.3 Å². The van der Waals surface area contributed by atoms with Gasteiger partial charge < -0.3 is 20.5 Å². The van der Waals surface area contributed by atoms with Crippen molar-refractivity contribution >= 4 is 12.0 Å². The molecule has 0 saturated heterocycles. The number of alkyl halides is 3. The Kier molecular flexibility index (Phi) is 7.25. The Morgan fingerprint density at radius 3 is 2.22 bits per heavy atom. The second kappa shape index (κ2) is 8.60. The lowest BCUT2D eigenvalue weighted by atomic mass is 9.69. The minimum atomic E-state index is -4.59. The van der Waals surface area contributed by atoms with Crippen molar-refractivity contribution in [1.82, 2.24) is 5.32 Å². The van der Waals surface area contributed by atoms with Crippen molar-refractivity contribution in [2.45, 2.75) is 39.0 Å². The first-order chi connectivity index (χ1) is 12.3.